The van der Waals surface area contributed by atoms with Gasteiger partial charge in [-0.05, 0) is 19.8 Å². The maximum Gasteiger partial charge on any atom is 0.331 e. The van der Waals surface area contributed by atoms with Crippen LogP contribution in [0.25, 0.3) is 0 Å². The fourth-order valence-electron chi connectivity index (χ4n) is 4.21. The number of carbonyl (C=O) groups is 1. The van der Waals surface area contributed by atoms with Crippen LogP contribution < -0.4 is 0 Å². The van der Waals surface area contributed by atoms with Crippen LogP contribution in [0.1, 0.15) is 156 Å². The van der Waals surface area contributed by atoms with Gasteiger partial charge in [0.25, 0.3) is 0 Å². The Bertz CT molecular complexity index is 467. The molecule has 0 heterocycles. The summed E-state index contributed by atoms with van der Waals surface area (Å²) in [4.78, 5) is 11.8. The van der Waals surface area contributed by atoms with Crippen molar-refractivity contribution in [1.82, 2.24) is 0 Å². The van der Waals surface area contributed by atoms with Crippen LogP contribution in [0.15, 0.2) is 0 Å². The number of rotatable bonds is 28. The van der Waals surface area contributed by atoms with Gasteiger partial charge in [0.15, 0.2) is 0 Å². The Morgan fingerprint density at radius 2 is 0.886 bits per heavy atom. The van der Waals surface area contributed by atoms with Crippen LogP contribution in [0.4, 0.5) is 0 Å². The summed E-state index contributed by atoms with van der Waals surface area (Å²) in [7, 11) is -3.25. The van der Waals surface area contributed by atoms with Gasteiger partial charge in [-0.25, -0.2) is 0 Å². The fraction of sp³-hybridized carbons (Fsp3) is 0.966. The van der Waals surface area contributed by atoms with Crippen molar-refractivity contribution in [3.05, 3.63) is 0 Å². The minimum Gasteiger partial charge on any atom is -0.466 e. The zero-order valence-corrected chi connectivity index (χ0v) is 24.6. The van der Waals surface area contributed by atoms with E-state index in [9.17, 15) is 9.36 Å². The fourth-order valence-corrected chi connectivity index (χ4v) is 5.82. The number of ether oxygens (including phenoxy) is 1. The smallest absolute Gasteiger partial charge is 0.331 e. The number of hydrogen-bond acceptors (Lipinski definition) is 5. The number of carbonyl (C=O) groups excluding carboxylic acids is 1. The molecule has 0 aromatic heterocycles. The van der Waals surface area contributed by atoms with Crippen LogP contribution in [0.3, 0.4) is 0 Å². The number of unbranched alkanes of at least 4 members (excludes halogenated alkanes) is 18. The highest BCUT2D eigenvalue weighted by Gasteiger charge is 2.26. The summed E-state index contributed by atoms with van der Waals surface area (Å²) in [5.74, 6) is -0.335. The molecule has 0 radical (unpaired) electrons. The lowest BCUT2D eigenvalue weighted by Crippen LogP contribution is -2.10. The van der Waals surface area contributed by atoms with Gasteiger partial charge in [0.1, 0.15) is 0 Å². The molecule has 0 N–H and O–H groups in total. The molecule has 35 heavy (non-hydrogen) atoms. The van der Waals surface area contributed by atoms with Gasteiger partial charge < -0.3 is 13.8 Å². The third-order valence-electron chi connectivity index (χ3n) is 6.47. The van der Waals surface area contributed by atoms with Crippen LogP contribution in [0, 0.1) is 0 Å². The standard InChI is InChI=1S/C29H59O5P/c1-4-7-9-11-13-15-17-19-21-23-26-33-35(31,28-25-29(30)32-6-3)34-27-24-22-20-18-16-14-12-10-8-5-2/h4-28H2,1-3H3. The second-order valence-corrected chi connectivity index (χ2v) is 12.1. The molecule has 0 aliphatic rings. The molecule has 0 unspecified atom stereocenters. The van der Waals surface area contributed by atoms with Crippen molar-refractivity contribution in [2.45, 2.75) is 156 Å². The molecular weight excluding hydrogens is 459 g/mol. The van der Waals surface area contributed by atoms with Crippen LogP contribution in [0.2, 0.25) is 0 Å². The molecule has 0 amide bonds. The molecule has 0 atom stereocenters. The van der Waals surface area contributed by atoms with Gasteiger partial charge in [-0.1, -0.05) is 129 Å². The predicted octanol–water partition coefficient (Wildman–Crippen LogP) is 10.0. The van der Waals surface area contributed by atoms with Crippen LogP contribution in [0.5, 0.6) is 0 Å². The van der Waals surface area contributed by atoms with E-state index in [4.69, 9.17) is 13.8 Å². The molecule has 0 aliphatic heterocycles. The van der Waals surface area contributed by atoms with Gasteiger partial charge in [0, 0.05) is 0 Å². The van der Waals surface area contributed by atoms with Gasteiger partial charge in [0.2, 0.25) is 0 Å². The maximum atomic E-state index is 13.2. The van der Waals surface area contributed by atoms with Crippen LogP contribution in [-0.2, 0) is 23.1 Å². The summed E-state index contributed by atoms with van der Waals surface area (Å²) in [5.41, 5.74) is 0. The van der Waals surface area contributed by atoms with E-state index in [2.05, 4.69) is 13.8 Å². The van der Waals surface area contributed by atoms with E-state index in [1.807, 2.05) is 0 Å². The van der Waals surface area contributed by atoms with E-state index in [0.717, 1.165) is 25.7 Å². The Kier molecular flexibility index (Phi) is 26.4. The van der Waals surface area contributed by atoms with Crippen LogP contribution >= 0.6 is 7.60 Å². The summed E-state index contributed by atoms with van der Waals surface area (Å²) in [6.45, 7) is 7.49. The monoisotopic (exact) mass is 518 g/mol. The van der Waals surface area contributed by atoms with Crippen molar-refractivity contribution in [2.24, 2.45) is 0 Å². The molecule has 0 rings (SSSR count). The third kappa shape index (κ3) is 25.1. The molecule has 0 spiro atoms. The molecule has 0 fully saturated rings. The second kappa shape index (κ2) is 26.7. The normalized spacial score (nSPS) is 11.7. The molecule has 0 aromatic carbocycles. The highest BCUT2D eigenvalue weighted by atomic mass is 31.2. The predicted molar refractivity (Wildman–Crippen MR) is 149 cm³/mol. The molecule has 5 nitrogen and oxygen atoms in total. The average molecular weight is 519 g/mol. The summed E-state index contributed by atoms with van der Waals surface area (Å²) >= 11 is 0. The van der Waals surface area contributed by atoms with Gasteiger partial charge in [-0.15, -0.1) is 0 Å². The van der Waals surface area contributed by atoms with E-state index >= 15 is 0 Å². The maximum absolute atomic E-state index is 13.2. The lowest BCUT2D eigenvalue weighted by atomic mass is 10.1. The molecule has 0 aromatic rings. The van der Waals surface area contributed by atoms with E-state index in [1.165, 1.54) is 103 Å². The topological polar surface area (TPSA) is 61.8 Å². The first-order chi connectivity index (χ1) is 17.1. The van der Waals surface area contributed by atoms with Crippen molar-refractivity contribution in [1.29, 1.82) is 0 Å². The Hall–Kier alpha value is -0.380. The van der Waals surface area contributed by atoms with E-state index < -0.39 is 7.60 Å². The minimum absolute atomic E-state index is 0.0845. The van der Waals surface area contributed by atoms with Gasteiger partial charge in [-0.3, -0.25) is 9.36 Å². The Labute approximate surface area is 218 Å². The largest absolute Gasteiger partial charge is 0.466 e. The summed E-state index contributed by atoms with van der Waals surface area (Å²) in [5, 5.41) is 0. The summed E-state index contributed by atoms with van der Waals surface area (Å²) < 4.78 is 29.7. The Balaban J connectivity index is 4.01. The molecule has 6 heteroatoms. The first kappa shape index (κ1) is 34.6. The quantitative estimate of drug-likeness (QED) is 0.0586. The first-order valence-electron chi connectivity index (χ1n) is 15.1. The zero-order valence-electron chi connectivity index (χ0n) is 23.7. The lowest BCUT2D eigenvalue weighted by Gasteiger charge is -2.18. The van der Waals surface area contributed by atoms with Gasteiger partial charge in [-0.2, -0.15) is 0 Å². The number of esters is 1. The Morgan fingerprint density at radius 3 is 1.23 bits per heavy atom. The Morgan fingerprint density at radius 1 is 0.543 bits per heavy atom. The molecule has 0 bridgehead atoms. The van der Waals surface area contributed by atoms with E-state index in [0.29, 0.717) is 19.8 Å². The summed E-state index contributed by atoms with van der Waals surface area (Å²) in [6, 6.07) is 0. The summed E-state index contributed by atoms with van der Waals surface area (Å²) in [6.07, 6.45) is 25.1. The van der Waals surface area contributed by atoms with E-state index in [1.54, 1.807) is 6.92 Å². The zero-order chi connectivity index (χ0) is 25.9. The molecule has 0 saturated carbocycles. The van der Waals surface area contributed by atoms with Crippen molar-refractivity contribution in [3.63, 3.8) is 0 Å². The van der Waals surface area contributed by atoms with Crippen molar-refractivity contribution in [2.75, 3.05) is 26.0 Å². The van der Waals surface area contributed by atoms with Crippen molar-refractivity contribution < 1.29 is 23.1 Å². The van der Waals surface area contributed by atoms with Gasteiger partial charge >= 0.3 is 13.6 Å². The first-order valence-corrected chi connectivity index (χ1v) is 16.8. The molecule has 0 saturated heterocycles. The lowest BCUT2D eigenvalue weighted by molar-refractivity contribution is -0.142. The highest BCUT2D eigenvalue weighted by Crippen LogP contribution is 2.49. The van der Waals surface area contributed by atoms with Gasteiger partial charge in [0.05, 0.1) is 32.4 Å². The minimum atomic E-state index is -3.25. The SMILES string of the molecule is CCCCCCCCCCCCOP(=O)(CCC(=O)OCC)OCCCCCCCCCCCC. The molecule has 0 aliphatic carbocycles. The van der Waals surface area contributed by atoms with Crippen molar-refractivity contribution in [3.8, 4) is 0 Å². The molecule has 210 valence electrons. The number of hydrogen-bond donors (Lipinski definition) is 0. The second-order valence-electron chi connectivity index (χ2n) is 9.92. The van der Waals surface area contributed by atoms with Crippen LogP contribution in [-0.4, -0.2) is 32.0 Å². The van der Waals surface area contributed by atoms with E-state index in [-0.39, 0.29) is 18.6 Å². The highest BCUT2D eigenvalue weighted by molar-refractivity contribution is 7.53. The third-order valence-corrected chi connectivity index (χ3v) is 8.39. The van der Waals surface area contributed by atoms with Crippen molar-refractivity contribution >= 4 is 13.6 Å². The molecular formula is C29H59O5P. The average Bonchev–Trinajstić information content (AvgIpc) is 2.85.